The van der Waals surface area contributed by atoms with Gasteiger partial charge in [0, 0.05) is 26.4 Å². The van der Waals surface area contributed by atoms with E-state index < -0.39 is 0 Å². The third-order valence-corrected chi connectivity index (χ3v) is 3.19. The SMILES string of the molecule is COC1CCN(c2ncncc2I)C1. The standard InChI is InChI=1S/C9H12IN3O/c1-14-7-2-3-13(5-7)9-8(10)4-11-6-12-9/h4,6-7H,2-3,5H2,1H3. The average Bonchev–Trinajstić information content (AvgIpc) is 2.67. The lowest BCUT2D eigenvalue weighted by Gasteiger charge is -2.17. The molecule has 2 heterocycles. The Morgan fingerprint density at radius 1 is 1.64 bits per heavy atom. The largest absolute Gasteiger partial charge is 0.380 e. The maximum Gasteiger partial charge on any atom is 0.145 e. The summed E-state index contributed by atoms with van der Waals surface area (Å²) in [5.74, 6) is 1.03. The molecule has 0 spiro atoms. The first-order chi connectivity index (χ1) is 6.81. The van der Waals surface area contributed by atoms with E-state index >= 15 is 0 Å². The first kappa shape index (κ1) is 10.1. The van der Waals surface area contributed by atoms with Crippen molar-refractivity contribution in [1.82, 2.24) is 9.97 Å². The molecule has 1 fully saturated rings. The van der Waals surface area contributed by atoms with Gasteiger partial charge in [-0.25, -0.2) is 9.97 Å². The van der Waals surface area contributed by atoms with Gasteiger partial charge in [0.2, 0.25) is 0 Å². The summed E-state index contributed by atoms with van der Waals surface area (Å²) in [6.07, 6.45) is 4.86. The molecule has 0 amide bonds. The molecule has 0 aromatic carbocycles. The van der Waals surface area contributed by atoms with Crippen LogP contribution in [0.15, 0.2) is 12.5 Å². The number of nitrogens with zero attached hydrogens (tertiary/aromatic N) is 3. The summed E-state index contributed by atoms with van der Waals surface area (Å²) >= 11 is 2.26. The summed E-state index contributed by atoms with van der Waals surface area (Å²) in [5.41, 5.74) is 0. The van der Waals surface area contributed by atoms with Crippen LogP contribution in [0.2, 0.25) is 0 Å². The monoisotopic (exact) mass is 305 g/mol. The summed E-state index contributed by atoms with van der Waals surface area (Å²) in [6.45, 7) is 1.95. The predicted octanol–water partition coefficient (Wildman–Crippen LogP) is 1.31. The molecule has 1 aromatic heterocycles. The molecular weight excluding hydrogens is 293 g/mol. The quantitative estimate of drug-likeness (QED) is 0.772. The molecule has 5 heteroatoms. The van der Waals surface area contributed by atoms with Crippen LogP contribution in [-0.2, 0) is 4.74 Å². The van der Waals surface area contributed by atoms with Gasteiger partial charge in [0.05, 0.1) is 9.67 Å². The van der Waals surface area contributed by atoms with Gasteiger partial charge in [-0.15, -0.1) is 0 Å². The van der Waals surface area contributed by atoms with E-state index in [1.807, 2.05) is 6.20 Å². The summed E-state index contributed by atoms with van der Waals surface area (Å²) < 4.78 is 6.41. The van der Waals surface area contributed by atoms with Crippen LogP contribution in [0.1, 0.15) is 6.42 Å². The zero-order valence-electron chi connectivity index (χ0n) is 7.98. The number of hydrogen-bond acceptors (Lipinski definition) is 4. The van der Waals surface area contributed by atoms with Crippen molar-refractivity contribution < 1.29 is 4.74 Å². The van der Waals surface area contributed by atoms with Crippen molar-refractivity contribution in [3.05, 3.63) is 16.1 Å². The number of aromatic nitrogens is 2. The van der Waals surface area contributed by atoms with Crippen molar-refractivity contribution in [2.45, 2.75) is 12.5 Å². The van der Waals surface area contributed by atoms with E-state index in [2.05, 4.69) is 37.5 Å². The van der Waals surface area contributed by atoms with E-state index in [1.165, 1.54) is 0 Å². The molecule has 1 aromatic rings. The number of rotatable bonds is 2. The first-order valence-corrected chi connectivity index (χ1v) is 5.62. The maximum atomic E-state index is 5.32. The molecule has 0 bridgehead atoms. The van der Waals surface area contributed by atoms with E-state index in [1.54, 1.807) is 13.4 Å². The van der Waals surface area contributed by atoms with Crippen molar-refractivity contribution in [2.75, 3.05) is 25.1 Å². The van der Waals surface area contributed by atoms with Gasteiger partial charge in [-0.3, -0.25) is 0 Å². The van der Waals surface area contributed by atoms with Crippen molar-refractivity contribution in [3.63, 3.8) is 0 Å². The van der Waals surface area contributed by atoms with E-state index in [-0.39, 0.29) is 0 Å². The van der Waals surface area contributed by atoms with E-state index in [0.717, 1.165) is 28.9 Å². The van der Waals surface area contributed by atoms with Crippen LogP contribution in [0.5, 0.6) is 0 Å². The van der Waals surface area contributed by atoms with E-state index in [9.17, 15) is 0 Å². The summed E-state index contributed by atoms with van der Waals surface area (Å²) in [5, 5.41) is 0. The molecule has 2 rings (SSSR count). The highest BCUT2D eigenvalue weighted by Crippen LogP contribution is 2.23. The Hall–Kier alpha value is -0.430. The Morgan fingerprint density at radius 2 is 2.50 bits per heavy atom. The fourth-order valence-electron chi connectivity index (χ4n) is 1.65. The lowest BCUT2D eigenvalue weighted by Crippen LogP contribution is -2.24. The zero-order valence-corrected chi connectivity index (χ0v) is 10.1. The summed E-state index contributed by atoms with van der Waals surface area (Å²) in [7, 11) is 1.76. The molecule has 0 N–H and O–H groups in total. The minimum absolute atomic E-state index is 0.348. The van der Waals surface area contributed by atoms with Gasteiger partial charge in [0.15, 0.2) is 0 Å². The average molecular weight is 305 g/mol. The van der Waals surface area contributed by atoms with Crippen molar-refractivity contribution >= 4 is 28.4 Å². The van der Waals surface area contributed by atoms with Crippen LogP contribution in [-0.4, -0.2) is 36.3 Å². The normalized spacial score (nSPS) is 21.6. The number of hydrogen-bond donors (Lipinski definition) is 0. The zero-order chi connectivity index (χ0) is 9.97. The summed E-state index contributed by atoms with van der Waals surface area (Å²) in [6, 6.07) is 0. The number of halogens is 1. The smallest absolute Gasteiger partial charge is 0.145 e. The minimum Gasteiger partial charge on any atom is -0.380 e. The Balaban J connectivity index is 2.13. The van der Waals surface area contributed by atoms with Gasteiger partial charge in [0.1, 0.15) is 12.1 Å². The third-order valence-electron chi connectivity index (χ3n) is 2.43. The van der Waals surface area contributed by atoms with E-state index in [4.69, 9.17) is 4.74 Å². The van der Waals surface area contributed by atoms with Gasteiger partial charge in [-0.05, 0) is 29.0 Å². The Labute approximate surface area is 96.8 Å². The number of anilines is 1. The molecule has 0 aliphatic carbocycles. The van der Waals surface area contributed by atoms with Gasteiger partial charge in [0.25, 0.3) is 0 Å². The van der Waals surface area contributed by atoms with Crippen molar-refractivity contribution in [3.8, 4) is 0 Å². The highest BCUT2D eigenvalue weighted by Gasteiger charge is 2.24. The predicted molar refractivity (Wildman–Crippen MR) is 62.4 cm³/mol. The molecule has 1 unspecified atom stereocenters. The Bertz CT molecular complexity index is 321. The number of methoxy groups -OCH3 is 1. The first-order valence-electron chi connectivity index (χ1n) is 4.54. The lowest BCUT2D eigenvalue weighted by molar-refractivity contribution is 0.121. The molecule has 0 saturated carbocycles. The van der Waals surface area contributed by atoms with Gasteiger partial charge >= 0.3 is 0 Å². The number of ether oxygens (including phenoxy) is 1. The van der Waals surface area contributed by atoms with E-state index in [0.29, 0.717) is 6.10 Å². The Kier molecular flexibility index (Phi) is 3.17. The second-order valence-electron chi connectivity index (χ2n) is 3.29. The van der Waals surface area contributed by atoms with Crippen molar-refractivity contribution in [2.24, 2.45) is 0 Å². The molecule has 4 nitrogen and oxygen atoms in total. The third kappa shape index (κ3) is 1.98. The van der Waals surface area contributed by atoms with Crippen LogP contribution >= 0.6 is 22.6 Å². The lowest BCUT2D eigenvalue weighted by atomic mass is 10.3. The Morgan fingerprint density at radius 3 is 3.14 bits per heavy atom. The molecule has 1 saturated heterocycles. The second kappa shape index (κ2) is 4.39. The molecule has 1 atom stereocenters. The second-order valence-corrected chi connectivity index (χ2v) is 4.45. The van der Waals surface area contributed by atoms with Crippen LogP contribution in [0, 0.1) is 3.57 Å². The highest BCUT2D eigenvalue weighted by atomic mass is 127. The van der Waals surface area contributed by atoms with Crippen molar-refractivity contribution in [1.29, 1.82) is 0 Å². The fourth-order valence-corrected chi connectivity index (χ4v) is 2.29. The van der Waals surface area contributed by atoms with Gasteiger partial charge < -0.3 is 9.64 Å². The maximum absolute atomic E-state index is 5.32. The van der Waals surface area contributed by atoms with Gasteiger partial charge in [-0.2, -0.15) is 0 Å². The van der Waals surface area contributed by atoms with Crippen LogP contribution in [0.25, 0.3) is 0 Å². The molecular formula is C9H12IN3O. The minimum atomic E-state index is 0.348. The molecule has 1 aliphatic rings. The van der Waals surface area contributed by atoms with Gasteiger partial charge in [-0.1, -0.05) is 0 Å². The summed E-state index contributed by atoms with van der Waals surface area (Å²) in [4.78, 5) is 10.5. The van der Waals surface area contributed by atoms with Crippen LogP contribution < -0.4 is 4.90 Å². The van der Waals surface area contributed by atoms with Crippen LogP contribution in [0.4, 0.5) is 5.82 Å². The topological polar surface area (TPSA) is 38.2 Å². The fraction of sp³-hybridized carbons (Fsp3) is 0.556. The molecule has 14 heavy (non-hydrogen) atoms. The molecule has 0 radical (unpaired) electrons. The molecule has 1 aliphatic heterocycles. The molecule has 76 valence electrons. The van der Waals surface area contributed by atoms with Crippen LogP contribution in [0.3, 0.4) is 0 Å². The highest BCUT2D eigenvalue weighted by molar-refractivity contribution is 14.1.